The first-order chi connectivity index (χ1) is 5.55. The van der Waals surface area contributed by atoms with Gasteiger partial charge in [-0.3, -0.25) is 0 Å². The quantitative estimate of drug-likeness (QED) is 0.698. The lowest BCUT2D eigenvalue weighted by molar-refractivity contribution is 0.0677. The molecular weight excluding hydrogens is 166 g/mol. The van der Waals surface area contributed by atoms with Crippen molar-refractivity contribution in [1.82, 2.24) is 0 Å². The average Bonchev–Trinajstić information content (AvgIpc) is 2.55. The average molecular weight is 170 g/mol. The minimum absolute atomic E-state index is 0.164. The smallest absolute Gasteiger partial charge is 0.336 e. The summed E-state index contributed by atoms with van der Waals surface area (Å²) in [5.74, 6) is -4.30. The van der Waals surface area contributed by atoms with Gasteiger partial charge in [-0.05, 0) is 6.07 Å². The Balaban J connectivity index is 2.59. The molecule has 1 N–H and O–H groups in total. The fourth-order valence-corrected chi connectivity index (χ4v) is 1.26. The van der Waals surface area contributed by atoms with Crippen LogP contribution in [-0.4, -0.2) is 11.1 Å². The van der Waals surface area contributed by atoms with Crippen LogP contribution in [0.3, 0.4) is 0 Å². The van der Waals surface area contributed by atoms with E-state index in [0.29, 0.717) is 0 Å². The molecule has 0 unspecified atom stereocenters. The number of benzene rings is 1. The Morgan fingerprint density at radius 3 is 2.58 bits per heavy atom. The second kappa shape index (κ2) is 1.83. The first-order valence-electron chi connectivity index (χ1n) is 3.30. The summed E-state index contributed by atoms with van der Waals surface area (Å²) in [6, 6.07) is 3.74. The van der Waals surface area contributed by atoms with Gasteiger partial charge in [-0.1, -0.05) is 12.1 Å². The normalized spacial score (nSPS) is 16.8. The van der Waals surface area contributed by atoms with Crippen LogP contribution in [0.4, 0.5) is 8.78 Å². The summed E-state index contributed by atoms with van der Waals surface area (Å²) in [6.07, 6.45) is 0. The fourth-order valence-electron chi connectivity index (χ4n) is 1.26. The second-order valence-corrected chi connectivity index (χ2v) is 2.61. The lowest BCUT2D eigenvalue weighted by atomic mass is 10.2. The lowest BCUT2D eigenvalue weighted by Crippen LogP contribution is -1.97. The Morgan fingerprint density at radius 2 is 2.08 bits per heavy atom. The first kappa shape index (κ1) is 7.21. The predicted octanol–water partition coefficient (Wildman–Crippen LogP) is 1.84. The van der Waals surface area contributed by atoms with Gasteiger partial charge in [0.25, 0.3) is 5.92 Å². The zero-order valence-electron chi connectivity index (χ0n) is 5.84. The standard InChI is InChI=1S/C8H4F2O2/c9-8(10)5-3-1-2-4(6(5)8)7(11)12/h1-3H,(H,11,12). The molecule has 1 aliphatic rings. The fraction of sp³-hybridized carbons (Fsp3) is 0.125. The number of carboxylic acid groups (broad SMARTS) is 1. The van der Waals surface area contributed by atoms with Gasteiger partial charge in [0.2, 0.25) is 0 Å². The zero-order valence-corrected chi connectivity index (χ0v) is 5.84. The monoisotopic (exact) mass is 170 g/mol. The van der Waals surface area contributed by atoms with E-state index in [9.17, 15) is 13.6 Å². The number of rotatable bonds is 1. The van der Waals surface area contributed by atoms with Gasteiger partial charge in [0.15, 0.2) is 0 Å². The lowest BCUT2D eigenvalue weighted by Gasteiger charge is -1.90. The minimum atomic E-state index is -3.00. The number of fused-ring (bicyclic) bond motifs is 1. The summed E-state index contributed by atoms with van der Waals surface area (Å²) in [7, 11) is 0. The maximum atomic E-state index is 12.7. The van der Waals surface area contributed by atoms with E-state index < -0.39 is 11.9 Å². The van der Waals surface area contributed by atoms with Crippen LogP contribution < -0.4 is 0 Å². The van der Waals surface area contributed by atoms with E-state index in [-0.39, 0.29) is 16.7 Å². The first-order valence-corrected chi connectivity index (χ1v) is 3.30. The molecule has 0 aromatic heterocycles. The van der Waals surface area contributed by atoms with Gasteiger partial charge in [0.05, 0.1) is 5.56 Å². The van der Waals surface area contributed by atoms with Crippen LogP contribution in [0.25, 0.3) is 0 Å². The molecule has 0 saturated carbocycles. The van der Waals surface area contributed by atoms with Crippen LogP contribution in [0, 0.1) is 0 Å². The van der Waals surface area contributed by atoms with Crippen LogP contribution in [0.5, 0.6) is 0 Å². The highest BCUT2D eigenvalue weighted by Crippen LogP contribution is 2.54. The molecule has 0 bridgehead atoms. The molecule has 0 amide bonds. The van der Waals surface area contributed by atoms with E-state index in [2.05, 4.69) is 0 Å². The van der Waals surface area contributed by atoms with Crippen molar-refractivity contribution in [2.24, 2.45) is 0 Å². The van der Waals surface area contributed by atoms with Crippen molar-refractivity contribution in [3.63, 3.8) is 0 Å². The predicted molar refractivity (Wildman–Crippen MR) is 36.4 cm³/mol. The van der Waals surface area contributed by atoms with Crippen molar-refractivity contribution in [3.05, 3.63) is 34.9 Å². The SMILES string of the molecule is O=C(O)c1cccc2c1C2(F)F. The van der Waals surface area contributed by atoms with Gasteiger partial charge in [0.1, 0.15) is 0 Å². The number of hydrogen-bond acceptors (Lipinski definition) is 1. The molecule has 2 nitrogen and oxygen atoms in total. The molecule has 0 heterocycles. The molecule has 2 rings (SSSR count). The van der Waals surface area contributed by atoms with E-state index in [1.165, 1.54) is 18.2 Å². The summed E-state index contributed by atoms with van der Waals surface area (Å²) in [4.78, 5) is 10.4. The van der Waals surface area contributed by atoms with Gasteiger partial charge in [-0.25, -0.2) is 4.79 Å². The highest BCUT2D eigenvalue weighted by molar-refractivity contribution is 5.92. The Morgan fingerprint density at radius 1 is 1.42 bits per heavy atom. The van der Waals surface area contributed by atoms with Crippen LogP contribution in [-0.2, 0) is 5.92 Å². The largest absolute Gasteiger partial charge is 0.478 e. The van der Waals surface area contributed by atoms with Crippen molar-refractivity contribution in [1.29, 1.82) is 0 Å². The molecule has 0 saturated heterocycles. The summed E-state index contributed by atoms with van der Waals surface area (Å²) in [6.45, 7) is 0. The number of carbonyl (C=O) groups is 1. The maximum Gasteiger partial charge on any atom is 0.336 e. The van der Waals surface area contributed by atoms with Crippen molar-refractivity contribution in [2.45, 2.75) is 5.92 Å². The number of hydrogen-bond donors (Lipinski definition) is 1. The maximum absolute atomic E-state index is 12.7. The molecule has 1 aromatic rings. The third-order valence-electron chi connectivity index (χ3n) is 1.88. The van der Waals surface area contributed by atoms with Crippen LogP contribution in [0.15, 0.2) is 18.2 Å². The zero-order chi connectivity index (χ0) is 8.93. The van der Waals surface area contributed by atoms with E-state index >= 15 is 0 Å². The minimum Gasteiger partial charge on any atom is -0.478 e. The molecule has 12 heavy (non-hydrogen) atoms. The Labute approximate surface area is 66.4 Å². The molecular formula is C8H4F2O2. The van der Waals surface area contributed by atoms with Crippen molar-refractivity contribution >= 4 is 5.97 Å². The number of halogens is 2. The van der Waals surface area contributed by atoms with E-state index in [1.807, 2.05) is 0 Å². The summed E-state index contributed by atoms with van der Waals surface area (Å²) in [5, 5.41) is 8.50. The summed E-state index contributed by atoms with van der Waals surface area (Å²) < 4.78 is 25.4. The molecule has 0 spiro atoms. The van der Waals surface area contributed by atoms with Gasteiger partial charge < -0.3 is 5.11 Å². The Bertz CT molecular complexity index is 371. The second-order valence-electron chi connectivity index (χ2n) is 2.61. The Kier molecular flexibility index (Phi) is 1.10. The number of alkyl halides is 2. The molecule has 0 aliphatic heterocycles. The summed E-state index contributed by atoms with van der Waals surface area (Å²) in [5.41, 5.74) is -0.794. The molecule has 62 valence electrons. The summed E-state index contributed by atoms with van der Waals surface area (Å²) >= 11 is 0. The highest BCUT2D eigenvalue weighted by Gasteiger charge is 2.55. The molecule has 4 heteroatoms. The van der Waals surface area contributed by atoms with E-state index in [1.54, 1.807) is 0 Å². The molecule has 0 radical (unpaired) electrons. The third-order valence-corrected chi connectivity index (χ3v) is 1.88. The van der Waals surface area contributed by atoms with Crippen LogP contribution in [0.2, 0.25) is 0 Å². The van der Waals surface area contributed by atoms with Gasteiger partial charge in [-0.2, -0.15) is 8.78 Å². The van der Waals surface area contributed by atoms with Gasteiger partial charge in [-0.15, -0.1) is 0 Å². The van der Waals surface area contributed by atoms with Crippen molar-refractivity contribution < 1.29 is 18.7 Å². The van der Waals surface area contributed by atoms with Crippen molar-refractivity contribution in [2.75, 3.05) is 0 Å². The number of carboxylic acids is 1. The van der Waals surface area contributed by atoms with Crippen LogP contribution >= 0.6 is 0 Å². The number of aromatic carboxylic acids is 1. The van der Waals surface area contributed by atoms with Crippen LogP contribution in [0.1, 0.15) is 21.5 Å². The molecule has 1 aliphatic carbocycles. The van der Waals surface area contributed by atoms with Gasteiger partial charge >= 0.3 is 5.97 Å². The molecule has 1 aromatic carbocycles. The van der Waals surface area contributed by atoms with E-state index in [4.69, 9.17) is 5.11 Å². The molecule has 0 atom stereocenters. The highest BCUT2D eigenvalue weighted by atomic mass is 19.3. The Hall–Kier alpha value is -1.45. The third kappa shape index (κ3) is 0.691. The molecule has 0 fully saturated rings. The van der Waals surface area contributed by atoms with Crippen molar-refractivity contribution in [3.8, 4) is 0 Å². The van der Waals surface area contributed by atoms with Gasteiger partial charge in [0, 0.05) is 11.1 Å². The van der Waals surface area contributed by atoms with E-state index in [0.717, 1.165) is 0 Å². The topological polar surface area (TPSA) is 37.3 Å².